The first kappa shape index (κ1) is 11.3. The van der Waals surface area contributed by atoms with Gasteiger partial charge in [0.25, 0.3) is 0 Å². The molecule has 0 bridgehead atoms. The normalized spacial score (nSPS) is 10.2. The van der Waals surface area contributed by atoms with Crippen molar-refractivity contribution in [1.29, 1.82) is 0 Å². The first-order valence-corrected chi connectivity index (χ1v) is 5.47. The number of methoxy groups -OCH3 is 1. The van der Waals surface area contributed by atoms with E-state index in [0.29, 0.717) is 17.1 Å². The van der Waals surface area contributed by atoms with Crippen LogP contribution in [0.4, 0.5) is 11.4 Å². The van der Waals surface area contributed by atoms with E-state index in [4.69, 9.17) is 16.2 Å². The molecule has 0 saturated carbocycles. The van der Waals surface area contributed by atoms with E-state index >= 15 is 0 Å². The van der Waals surface area contributed by atoms with E-state index in [1.807, 2.05) is 24.3 Å². The van der Waals surface area contributed by atoms with Gasteiger partial charge >= 0.3 is 0 Å². The van der Waals surface area contributed by atoms with Gasteiger partial charge in [0.15, 0.2) is 0 Å². The summed E-state index contributed by atoms with van der Waals surface area (Å²) >= 11 is 0. The Labute approximate surface area is 101 Å². The monoisotopic (exact) mass is 228 g/mol. The van der Waals surface area contributed by atoms with Gasteiger partial charge in [-0.3, -0.25) is 0 Å². The van der Waals surface area contributed by atoms with Crippen molar-refractivity contribution in [2.24, 2.45) is 0 Å². The fraction of sp³-hybridized carbons (Fsp3) is 0.143. The lowest BCUT2D eigenvalue weighted by atomic mass is 10.0. The Morgan fingerprint density at radius 3 is 2.35 bits per heavy atom. The molecule has 3 nitrogen and oxygen atoms in total. The van der Waals surface area contributed by atoms with E-state index in [0.717, 1.165) is 12.0 Å². The topological polar surface area (TPSA) is 61.3 Å². The number of ether oxygens (including phenoxy) is 1. The molecule has 0 heterocycles. The summed E-state index contributed by atoms with van der Waals surface area (Å²) in [5, 5.41) is 0. The second-order valence-electron chi connectivity index (χ2n) is 3.91. The lowest BCUT2D eigenvalue weighted by molar-refractivity contribution is 0.416. The quantitative estimate of drug-likeness (QED) is 0.793. The van der Waals surface area contributed by atoms with Crippen LogP contribution in [0.15, 0.2) is 42.5 Å². The van der Waals surface area contributed by atoms with Crippen LogP contribution < -0.4 is 16.2 Å². The largest absolute Gasteiger partial charge is 0.495 e. The van der Waals surface area contributed by atoms with Gasteiger partial charge in [-0.1, -0.05) is 30.3 Å². The molecule has 3 heteroatoms. The van der Waals surface area contributed by atoms with Crippen LogP contribution >= 0.6 is 0 Å². The van der Waals surface area contributed by atoms with Crippen LogP contribution in [0, 0.1) is 0 Å². The van der Waals surface area contributed by atoms with Crippen molar-refractivity contribution in [3.05, 3.63) is 53.6 Å². The van der Waals surface area contributed by atoms with Gasteiger partial charge in [-0.2, -0.15) is 0 Å². The molecule has 2 rings (SSSR count). The third-order valence-corrected chi connectivity index (χ3v) is 2.80. The molecule has 0 aliphatic rings. The highest BCUT2D eigenvalue weighted by atomic mass is 16.5. The number of anilines is 2. The van der Waals surface area contributed by atoms with Crippen LogP contribution in [0.1, 0.15) is 11.1 Å². The lowest BCUT2D eigenvalue weighted by Gasteiger charge is -2.12. The zero-order valence-electron chi connectivity index (χ0n) is 9.81. The van der Waals surface area contributed by atoms with E-state index in [2.05, 4.69) is 12.1 Å². The molecule has 4 N–H and O–H groups in total. The van der Waals surface area contributed by atoms with Crippen LogP contribution in [-0.2, 0) is 6.42 Å². The molecule has 0 aliphatic heterocycles. The Hall–Kier alpha value is -2.16. The molecule has 2 aromatic carbocycles. The van der Waals surface area contributed by atoms with E-state index in [1.165, 1.54) is 5.56 Å². The minimum atomic E-state index is 0.622. The Kier molecular flexibility index (Phi) is 3.19. The summed E-state index contributed by atoms with van der Waals surface area (Å²) in [6.07, 6.45) is 0.718. The second kappa shape index (κ2) is 4.78. The van der Waals surface area contributed by atoms with Crippen LogP contribution in [0.3, 0.4) is 0 Å². The molecule has 88 valence electrons. The van der Waals surface area contributed by atoms with E-state index in [9.17, 15) is 0 Å². The summed E-state index contributed by atoms with van der Waals surface area (Å²) in [5.74, 6) is 0.671. The third-order valence-electron chi connectivity index (χ3n) is 2.80. The third kappa shape index (κ3) is 2.33. The number of hydrogen-bond acceptors (Lipinski definition) is 3. The maximum atomic E-state index is 6.04. The molecule has 0 spiro atoms. The molecule has 0 aliphatic carbocycles. The van der Waals surface area contributed by atoms with E-state index in [1.54, 1.807) is 13.2 Å². The van der Waals surface area contributed by atoms with Crippen LogP contribution in [0.2, 0.25) is 0 Å². The molecule has 0 amide bonds. The van der Waals surface area contributed by atoms with Gasteiger partial charge < -0.3 is 16.2 Å². The molecular weight excluding hydrogens is 212 g/mol. The Morgan fingerprint density at radius 2 is 1.71 bits per heavy atom. The highest BCUT2D eigenvalue weighted by Gasteiger charge is 2.09. The van der Waals surface area contributed by atoms with Crippen molar-refractivity contribution in [2.45, 2.75) is 6.42 Å². The maximum Gasteiger partial charge on any atom is 0.142 e. The molecule has 0 unspecified atom stereocenters. The Balaban J connectivity index is 2.38. The minimum Gasteiger partial charge on any atom is -0.495 e. The molecule has 17 heavy (non-hydrogen) atoms. The summed E-state index contributed by atoms with van der Waals surface area (Å²) < 4.78 is 5.20. The van der Waals surface area contributed by atoms with Gasteiger partial charge in [-0.25, -0.2) is 0 Å². The molecule has 0 atom stereocenters. The van der Waals surface area contributed by atoms with Crippen LogP contribution in [0.25, 0.3) is 0 Å². The average molecular weight is 228 g/mol. The predicted octanol–water partition coefficient (Wildman–Crippen LogP) is 2.45. The van der Waals surface area contributed by atoms with E-state index in [-0.39, 0.29) is 0 Å². The zero-order valence-corrected chi connectivity index (χ0v) is 9.81. The highest BCUT2D eigenvalue weighted by molar-refractivity contribution is 5.69. The first-order chi connectivity index (χ1) is 8.22. The van der Waals surface area contributed by atoms with Crippen molar-refractivity contribution in [3.8, 4) is 5.75 Å². The summed E-state index contributed by atoms with van der Waals surface area (Å²) in [7, 11) is 1.61. The summed E-state index contributed by atoms with van der Waals surface area (Å²) in [6.45, 7) is 0. The molecule has 0 saturated heterocycles. The summed E-state index contributed by atoms with van der Waals surface area (Å²) in [5.41, 5.74) is 15.4. The van der Waals surface area contributed by atoms with Crippen molar-refractivity contribution < 1.29 is 4.74 Å². The van der Waals surface area contributed by atoms with Gasteiger partial charge in [-0.15, -0.1) is 0 Å². The highest BCUT2D eigenvalue weighted by Crippen LogP contribution is 2.31. The van der Waals surface area contributed by atoms with Gasteiger partial charge in [0, 0.05) is 17.7 Å². The summed E-state index contributed by atoms with van der Waals surface area (Å²) in [4.78, 5) is 0. The number of nitrogens with two attached hydrogens (primary N) is 2. The van der Waals surface area contributed by atoms with Gasteiger partial charge in [0.05, 0.1) is 12.8 Å². The van der Waals surface area contributed by atoms with Gasteiger partial charge in [-0.05, 0) is 17.7 Å². The zero-order chi connectivity index (χ0) is 12.3. The van der Waals surface area contributed by atoms with Crippen molar-refractivity contribution >= 4 is 11.4 Å². The van der Waals surface area contributed by atoms with Gasteiger partial charge in [0.2, 0.25) is 0 Å². The van der Waals surface area contributed by atoms with Crippen molar-refractivity contribution in [3.63, 3.8) is 0 Å². The lowest BCUT2D eigenvalue weighted by Crippen LogP contribution is -2.03. The Morgan fingerprint density at radius 1 is 1.00 bits per heavy atom. The predicted molar refractivity (Wildman–Crippen MR) is 71.1 cm³/mol. The number of nitrogen functional groups attached to an aromatic ring is 2. The molecule has 0 fully saturated rings. The maximum absolute atomic E-state index is 6.04. The Bertz CT molecular complexity index is 509. The number of hydrogen-bond donors (Lipinski definition) is 2. The molecular formula is C14H16N2O. The SMILES string of the molecule is COc1ccc(N)c(Cc2ccccc2)c1N. The molecule has 2 aromatic rings. The molecule has 0 aromatic heterocycles. The number of rotatable bonds is 3. The minimum absolute atomic E-state index is 0.622. The smallest absolute Gasteiger partial charge is 0.142 e. The first-order valence-electron chi connectivity index (χ1n) is 5.47. The fourth-order valence-corrected chi connectivity index (χ4v) is 1.84. The standard InChI is InChI=1S/C14H16N2O/c1-17-13-8-7-12(15)11(14(13)16)9-10-5-3-2-4-6-10/h2-8H,9,15-16H2,1H3. The second-order valence-corrected chi connectivity index (χ2v) is 3.91. The van der Waals surface area contributed by atoms with Crippen LogP contribution in [0.5, 0.6) is 5.75 Å². The van der Waals surface area contributed by atoms with Crippen molar-refractivity contribution in [1.82, 2.24) is 0 Å². The molecule has 0 radical (unpaired) electrons. The number of benzene rings is 2. The fourth-order valence-electron chi connectivity index (χ4n) is 1.84. The van der Waals surface area contributed by atoms with E-state index < -0.39 is 0 Å². The van der Waals surface area contributed by atoms with Gasteiger partial charge in [0.1, 0.15) is 5.75 Å². The van der Waals surface area contributed by atoms with Crippen molar-refractivity contribution in [2.75, 3.05) is 18.6 Å². The summed E-state index contributed by atoms with van der Waals surface area (Å²) in [6, 6.07) is 13.7. The average Bonchev–Trinajstić information content (AvgIpc) is 2.36. The van der Waals surface area contributed by atoms with Crippen LogP contribution in [-0.4, -0.2) is 7.11 Å².